The molecule has 0 radical (unpaired) electrons. The summed E-state index contributed by atoms with van der Waals surface area (Å²) in [6, 6.07) is 8.16. The van der Waals surface area contributed by atoms with E-state index >= 15 is 0 Å². The second-order valence-electron chi connectivity index (χ2n) is 5.44. The van der Waals surface area contributed by atoms with Crippen molar-refractivity contribution >= 4 is 28.1 Å². The zero-order valence-electron chi connectivity index (χ0n) is 12.1. The van der Waals surface area contributed by atoms with Gasteiger partial charge in [0.1, 0.15) is 4.99 Å². The van der Waals surface area contributed by atoms with Crippen molar-refractivity contribution in [3.63, 3.8) is 0 Å². The molecule has 2 N–H and O–H groups in total. The fraction of sp³-hybridized carbons (Fsp3) is 0.438. The van der Waals surface area contributed by atoms with Gasteiger partial charge in [0.15, 0.2) is 0 Å². The Hall–Kier alpha value is -1.39. The highest BCUT2D eigenvalue weighted by Crippen LogP contribution is 2.17. The predicted octanol–water partition coefficient (Wildman–Crippen LogP) is 3.34. The Balaban J connectivity index is 1.96. The fourth-order valence-electron chi connectivity index (χ4n) is 2.13. The number of benzene rings is 1. The van der Waals surface area contributed by atoms with E-state index in [9.17, 15) is 0 Å². The van der Waals surface area contributed by atoms with Crippen molar-refractivity contribution < 1.29 is 4.74 Å². The Morgan fingerprint density at radius 1 is 1.30 bits per heavy atom. The maximum absolute atomic E-state index is 5.67. The second-order valence-corrected chi connectivity index (χ2v) is 5.88. The molecule has 4 heteroatoms. The molecule has 0 atom stereocenters. The smallest absolute Gasteiger partial charge is 0.104 e. The number of ether oxygens (including phenoxy) is 1. The normalized spacial score (nSPS) is 11.3. The van der Waals surface area contributed by atoms with E-state index < -0.39 is 0 Å². The van der Waals surface area contributed by atoms with Gasteiger partial charge in [0.2, 0.25) is 0 Å². The summed E-state index contributed by atoms with van der Waals surface area (Å²) in [6.07, 6.45) is 3.20. The number of aromatic nitrogens is 1. The van der Waals surface area contributed by atoms with Crippen LogP contribution >= 0.6 is 12.2 Å². The summed E-state index contributed by atoms with van der Waals surface area (Å²) in [4.78, 5) is 0.441. The van der Waals surface area contributed by atoms with Crippen molar-refractivity contribution in [1.82, 2.24) is 4.57 Å². The largest absolute Gasteiger partial charge is 0.389 e. The average Bonchev–Trinajstić information content (AvgIpc) is 2.80. The molecule has 0 aliphatic carbocycles. The van der Waals surface area contributed by atoms with Crippen LogP contribution < -0.4 is 5.73 Å². The number of nitrogens with two attached hydrogens (primary N) is 1. The van der Waals surface area contributed by atoms with Crippen LogP contribution in [-0.2, 0) is 11.3 Å². The molecule has 2 aromatic rings. The van der Waals surface area contributed by atoms with Crippen LogP contribution in [-0.4, -0.2) is 22.8 Å². The molecule has 0 aliphatic heterocycles. The minimum absolute atomic E-state index is 0.441. The number of rotatable bonds is 7. The van der Waals surface area contributed by atoms with Gasteiger partial charge in [-0.3, -0.25) is 0 Å². The van der Waals surface area contributed by atoms with Crippen LogP contribution in [0.25, 0.3) is 10.9 Å². The molecule has 0 spiro atoms. The zero-order valence-corrected chi connectivity index (χ0v) is 13.0. The molecule has 0 aliphatic rings. The predicted molar refractivity (Wildman–Crippen MR) is 88.1 cm³/mol. The van der Waals surface area contributed by atoms with Crippen molar-refractivity contribution in [2.45, 2.75) is 26.8 Å². The number of hydrogen-bond donors (Lipinski definition) is 1. The van der Waals surface area contributed by atoms with E-state index in [0.717, 1.165) is 37.1 Å². The van der Waals surface area contributed by atoms with E-state index in [-0.39, 0.29) is 0 Å². The molecule has 1 aromatic heterocycles. The van der Waals surface area contributed by atoms with Crippen LogP contribution in [0.4, 0.5) is 0 Å². The molecule has 0 saturated heterocycles. The van der Waals surface area contributed by atoms with Gasteiger partial charge in [-0.1, -0.05) is 26.1 Å². The molecule has 0 amide bonds. The van der Waals surface area contributed by atoms with Crippen molar-refractivity contribution in [2.24, 2.45) is 11.7 Å². The first-order valence-electron chi connectivity index (χ1n) is 7.04. The average molecular weight is 290 g/mol. The molecule has 2 rings (SSSR count). The van der Waals surface area contributed by atoms with Crippen molar-refractivity contribution in [2.75, 3.05) is 13.2 Å². The van der Waals surface area contributed by atoms with Gasteiger partial charge in [-0.05, 0) is 36.6 Å². The van der Waals surface area contributed by atoms with Crippen LogP contribution in [0.15, 0.2) is 30.5 Å². The van der Waals surface area contributed by atoms with Gasteiger partial charge in [0.05, 0.1) is 6.61 Å². The second kappa shape index (κ2) is 6.86. The highest BCUT2D eigenvalue weighted by atomic mass is 32.1. The summed E-state index contributed by atoms with van der Waals surface area (Å²) >= 11 is 5.00. The van der Waals surface area contributed by atoms with Crippen molar-refractivity contribution in [1.29, 1.82) is 0 Å². The first kappa shape index (κ1) is 15.0. The van der Waals surface area contributed by atoms with Crippen LogP contribution in [0.1, 0.15) is 25.8 Å². The van der Waals surface area contributed by atoms with Gasteiger partial charge in [-0.25, -0.2) is 0 Å². The summed E-state index contributed by atoms with van der Waals surface area (Å²) in [6.45, 7) is 6.87. The molecule has 3 nitrogen and oxygen atoms in total. The molecular formula is C16H22N2OS. The topological polar surface area (TPSA) is 40.2 Å². The Labute approximate surface area is 125 Å². The van der Waals surface area contributed by atoms with Gasteiger partial charge < -0.3 is 15.0 Å². The van der Waals surface area contributed by atoms with Crippen LogP contribution in [0.3, 0.4) is 0 Å². The standard InChI is InChI=1S/C16H22N2OS/c1-12(2)6-9-19-10-8-18-7-5-13-11-14(16(17)20)3-4-15(13)18/h3-5,7,11-12H,6,8-10H2,1-2H3,(H2,17,20). The third-order valence-electron chi connectivity index (χ3n) is 3.37. The summed E-state index contributed by atoms with van der Waals surface area (Å²) in [5, 5.41) is 1.16. The van der Waals surface area contributed by atoms with Gasteiger partial charge in [-0.2, -0.15) is 0 Å². The van der Waals surface area contributed by atoms with E-state index in [2.05, 4.69) is 36.7 Å². The lowest BCUT2D eigenvalue weighted by atomic mass is 10.1. The Kier molecular flexibility index (Phi) is 5.15. The Bertz CT molecular complexity index is 589. The van der Waals surface area contributed by atoms with Crippen LogP contribution in [0, 0.1) is 5.92 Å². The molecule has 0 saturated carbocycles. The number of fused-ring (bicyclic) bond motifs is 1. The van der Waals surface area contributed by atoms with Crippen molar-refractivity contribution in [3.05, 3.63) is 36.0 Å². The monoisotopic (exact) mass is 290 g/mol. The number of nitrogens with zero attached hydrogens (tertiary/aromatic N) is 1. The first-order valence-corrected chi connectivity index (χ1v) is 7.45. The van der Waals surface area contributed by atoms with Gasteiger partial charge in [0.25, 0.3) is 0 Å². The first-order chi connectivity index (χ1) is 9.58. The van der Waals surface area contributed by atoms with E-state index in [0.29, 0.717) is 10.9 Å². The van der Waals surface area contributed by atoms with E-state index in [1.54, 1.807) is 0 Å². The lowest BCUT2D eigenvalue weighted by molar-refractivity contribution is 0.117. The summed E-state index contributed by atoms with van der Waals surface area (Å²) in [5.41, 5.74) is 7.76. The molecule has 1 aromatic carbocycles. The zero-order chi connectivity index (χ0) is 14.5. The van der Waals surface area contributed by atoms with Crippen LogP contribution in [0.2, 0.25) is 0 Å². The summed E-state index contributed by atoms with van der Waals surface area (Å²) in [5.74, 6) is 0.695. The molecular weight excluding hydrogens is 268 g/mol. The lowest BCUT2D eigenvalue weighted by Gasteiger charge is -2.08. The summed E-state index contributed by atoms with van der Waals surface area (Å²) in [7, 11) is 0. The van der Waals surface area contributed by atoms with Gasteiger partial charge in [-0.15, -0.1) is 0 Å². The Morgan fingerprint density at radius 2 is 2.10 bits per heavy atom. The van der Waals surface area contributed by atoms with E-state index in [1.807, 2.05) is 12.1 Å². The quantitative estimate of drug-likeness (QED) is 0.628. The molecule has 20 heavy (non-hydrogen) atoms. The summed E-state index contributed by atoms with van der Waals surface area (Å²) < 4.78 is 7.87. The molecule has 0 fully saturated rings. The highest BCUT2D eigenvalue weighted by molar-refractivity contribution is 7.80. The molecule has 1 heterocycles. The highest BCUT2D eigenvalue weighted by Gasteiger charge is 2.03. The minimum atomic E-state index is 0.441. The number of thiocarbonyl (C=S) groups is 1. The number of hydrogen-bond acceptors (Lipinski definition) is 2. The minimum Gasteiger partial charge on any atom is -0.389 e. The molecule has 0 bridgehead atoms. The van der Waals surface area contributed by atoms with Gasteiger partial charge in [0, 0.05) is 35.8 Å². The third-order valence-corrected chi connectivity index (χ3v) is 3.61. The fourth-order valence-corrected chi connectivity index (χ4v) is 2.26. The maximum Gasteiger partial charge on any atom is 0.104 e. The SMILES string of the molecule is CC(C)CCOCCn1ccc2cc(C(N)=S)ccc21. The Morgan fingerprint density at radius 3 is 2.80 bits per heavy atom. The van der Waals surface area contributed by atoms with Crippen LogP contribution in [0.5, 0.6) is 0 Å². The lowest BCUT2D eigenvalue weighted by Crippen LogP contribution is -2.09. The van der Waals surface area contributed by atoms with Crippen molar-refractivity contribution in [3.8, 4) is 0 Å². The van der Waals surface area contributed by atoms with E-state index in [4.69, 9.17) is 22.7 Å². The van der Waals surface area contributed by atoms with Gasteiger partial charge >= 0.3 is 0 Å². The molecule has 0 unspecified atom stereocenters. The molecule has 108 valence electrons. The van der Waals surface area contributed by atoms with E-state index in [1.165, 1.54) is 5.52 Å². The maximum atomic E-state index is 5.67. The third kappa shape index (κ3) is 3.81.